The molecule has 1 N–H and O–H groups in total. The molecule has 1 fully saturated rings. The molecule has 1 aromatic heterocycles. The number of nitrogens with zero attached hydrogens (tertiary/aromatic N) is 1. The van der Waals surface area contributed by atoms with E-state index in [1.165, 1.54) is 12.8 Å². The molecule has 1 heterocycles. The Kier molecular flexibility index (Phi) is 3.54. The van der Waals surface area contributed by atoms with Crippen molar-refractivity contribution in [2.45, 2.75) is 25.8 Å². The summed E-state index contributed by atoms with van der Waals surface area (Å²) in [6.45, 7) is 2.09. The molecule has 1 aliphatic carbocycles. The van der Waals surface area contributed by atoms with Crippen LogP contribution < -0.4 is 10.1 Å². The van der Waals surface area contributed by atoms with E-state index >= 15 is 0 Å². The smallest absolute Gasteiger partial charge is 0.258 e. The molecule has 4 nitrogen and oxygen atoms in total. The maximum atomic E-state index is 11.8. The van der Waals surface area contributed by atoms with Crippen LogP contribution in [-0.4, -0.2) is 23.5 Å². The van der Waals surface area contributed by atoms with Crippen LogP contribution in [0, 0.1) is 5.92 Å². The number of fused-ring (bicyclic) bond motifs is 1. The number of para-hydroxylation sites is 1. The fourth-order valence-corrected chi connectivity index (χ4v) is 2.35. The van der Waals surface area contributed by atoms with Gasteiger partial charge in [-0.3, -0.25) is 9.78 Å². The third-order valence-corrected chi connectivity index (χ3v) is 3.67. The average molecular weight is 270 g/mol. The van der Waals surface area contributed by atoms with Crippen LogP contribution in [0.5, 0.6) is 5.75 Å². The molecule has 1 atom stereocenters. The van der Waals surface area contributed by atoms with Gasteiger partial charge in [0.25, 0.3) is 5.91 Å². The van der Waals surface area contributed by atoms with E-state index < -0.39 is 0 Å². The van der Waals surface area contributed by atoms with E-state index in [0.29, 0.717) is 11.7 Å². The second-order valence-electron chi connectivity index (χ2n) is 5.31. The van der Waals surface area contributed by atoms with E-state index in [4.69, 9.17) is 4.74 Å². The fourth-order valence-electron chi connectivity index (χ4n) is 2.35. The molecule has 20 heavy (non-hydrogen) atoms. The van der Waals surface area contributed by atoms with Crippen molar-refractivity contribution in [2.24, 2.45) is 5.92 Å². The summed E-state index contributed by atoms with van der Waals surface area (Å²) in [6, 6.07) is 9.83. The molecule has 1 aromatic carbocycles. The molecule has 0 bridgehead atoms. The van der Waals surface area contributed by atoms with Crippen LogP contribution in [0.1, 0.15) is 19.8 Å². The molecular formula is C16H18N2O2. The van der Waals surface area contributed by atoms with Crippen LogP contribution in [0.15, 0.2) is 36.5 Å². The fraction of sp³-hybridized carbons (Fsp3) is 0.375. The molecule has 1 saturated carbocycles. The van der Waals surface area contributed by atoms with Crippen LogP contribution in [-0.2, 0) is 4.79 Å². The van der Waals surface area contributed by atoms with Gasteiger partial charge in [-0.15, -0.1) is 0 Å². The monoisotopic (exact) mass is 270 g/mol. The predicted molar refractivity (Wildman–Crippen MR) is 77.6 cm³/mol. The third kappa shape index (κ3) is 2.90. The topological polar surface area (TPSA) is 51.2 Å². The second kappa shape index (κ2) is 5.49. The summed E-state index contributed by atoms with van der Waals surface area (Å²) in [5, 5.41) is 3.99. The lowest BCUT2D eigenvalue weighted by molar-refractivity contribution is -0.123. The number of pyridine rings is 1. The van der Waals surface area contributed by atoms with Crippen LogP contribution in [0.4, 0.5) is 0 Å². The first kappa shape index (κ1) is 12.9. The molecule has 1 amide bonds. The number of benzene rings is 1. The Morgan fingerprint density at radius 3 is 3.00 bits per heavy atom. The van der Waals surface area contributed by atoms with Gasteiger partial charge in [0, 0.05) is 17.6 Å². The number of ether oxygens (including phenoxy) is 1. The molecule has 2 aromatic rings. The molecule has 0 saturated heterocycles. The number of rotatable bonds is 5. The lowest BCUT2D eigenvalue weighted by atomic mass is 10.2. The van der Waals surface area contributed by atoms with Gasteiger partial charge in [-0.2, -0.15) is 0 Å². The van der Waals surface area contributed by atoms with Gasteiger partial charge >= 0.3 is 0 Å². The first-order valence-corrected chi connectivity index (χ1v) is 7.00. The molecule has 104 valence electrons. The lowest BCUT2D eigenvalue weighted by Crippen LogP contribution is -2.37. The number of hydrogen-bond donors (Lipinski definition) is 1. The Bertz CT molecular complexity index is 617. The number of nitrogens with one attached hydrogen (secondary N) is 1. The van der Waals surface area contributed by atoms with Crippen LogP contribution in [0.2, 0.25) is 0 Å². The highest BCUT2D eigenvalue weighted by molar-refractivity contribution is 5.85. The van der Waals surface area contributed by atoms with Crippen molar-refractivity contribution in [1.29, 1.82) is 0 Å². The van der Waals surface area contributed by atoms with Crippen molar-refractivity contribution in [3.8, 4) is 5.75 Å². The van der Waals surface area contributed by atoms with E-state index in [0.717, 1.165) is 10.9 Å². The summed E-state index contributed by atoms with van der Waals surface area (Å²) >= 11 is 0. The number of amides is 1. The standard InChI is InChI=1S/C16H18N2O2/c1-11(12-7-8-12)18-15(19)10-20-14-6-2-4-13-5-3-9-17-16(13)14/h2-6,9,11-12H,7-8,10H2,1H3,(H,18,19)/t11-/m1/s1. The predicted octanol–water partition coefficient (Wildman–Crippen LogP) is 2.53. The van der Waals surface area contributed by atoms with Gasteiger partial charge in [-0.25, -0.2) is 0 Å². The number of carbonyl (C=O) groups excluding carboxylic acids is 1. The molecule has 4 heteroatoms. The van der Waals surface area contributed by atoms with E-state index in [1.54, 1.807) is 6.20 Å². The average Bonchev–Trinajstić information content (AvgIpc) is 3.29. The first-order chi connectivity index (χ1) is 9.74. The largest absolute Gasteiger partial charge is 0.481 e. The third-order valence-electron chi connectivity index (χ3n) is 3.67. The zero-order chi connectivity index (χ0) is 13.9. The molecule has 0 unspecified atom stereocenters. The van der Waals surface area contributed by atoms with Crippen molar-refractivity contribution in [3.05, 3.63) is 36.5 Å². The number of aromatic nitrogens is 1. The molecule has 0 radical (unpaired) electrons. The van der Waals surface area contributed by atoms with Gasteiger partial charge in [-0.05, 0) is 37.8 Å². The highest BCUT2D eigenvalue weighted by Gasteiger charge is 2.28. The highest BCUT2D eigenvalue weighted by Crippen LogP contribution is 2.32. The minimum atomic E-state index is -0.0719. The van der Waals surface area contributed by atoms with Gasteiger partial charge in [0.15, 0.2) is 6.61 Å². The number of hydrogen-bond acceptors (Lipinski definition) is 3. The summed E-state index contributed by atoms with van der Waals surface area (Å²) in [5.74, 6) is 1.23. The van der Waals surface area contributed by atoms with Gasteiger partial charge in [0.1, 0.15) is 11.3 Å². The van der Waals surface area contributed by atoms with Crippen LogP contribution in [0.25, 0.3) is 10.9 Å². The minimum Gasteiger partial charge on any atom is -0.481 e. The molecular weight excluding hydrogens is 252 g/mol. The van der Waals surface area contributed by atoms with E-state index in [-0.39, 0.29) is 18.6 Å². The van der Waals surface area contributed by atoms with Crippen molar-refractivity contribution in [3.63, 3.8) is 0 Å². The summed E-state index contributed by atoms with van der Waals surface area (Å²) < 4.78 is 5.61. The maximum Gasteiger partial charge on any atom is 0.258 e. The zero-order valence-electron chi connectivity index (χ0n) is 11.5. The van der Waals surface area contributed by atoms with E-state index in [9.17, 15) is 4.79 Å². The molecule has 0 spiro atoms. The van der Waals surface area contributed by atoms with Gasteiger partial charge in [-0.1, -0.05) is 18.2 Å². The van der Waals surface area contributed by atoms with Crippen molar-refractivity contribution in [2.75, 3.05) is 6.61 Å². The molecule has 1 aliphatic rings. The second-order valence-corrected chi connectivity index (χ2v) is 5.31. The highest BCUT2D eigenvalue weighted by atomic mass is 16.5. The van der Waals surface area contributed by atoms with Gasteiger partial charge in [0.2, 0.25) is 0 Å². The van der Waals surface area contributed by atoms with E-state index in [1.807, 2.05) is 30.3 Å². The SMILES string of the molecule is C[C@@H](NC(=O)COc1cccc2cccnc12)C1CC1. The normalized spacial score (nSPS) is 15.8. The Labute approximate surface area is 118 Å². The summed E-state index contributed by atoms with van der Waals surface area (Å²) in [5.41, 5.74) is 0.790. The molecule has 3 rings (SSSR count). The minimum absolute atomic E-state index is 0.0345. The van der Waals surface area contributed by atoms with Crippen LogP contribution in [0.3, 0.4) is 0 Å². The Balaban J connectivity index is 1.63. The first-order valence-electron chi connectivity index (χ1n) is 7.00. The van der Waals surface area contributed by atoms with Gasteiger partial charge < -0.3 is 10.1 Å². The molecule has 0 aliphatic heterocycles. The zero-order valence-corrected chi connectivity index (χ0v) is 11.5. The van der Waals surface area contributed by atoms with Crippen molar-refractivity contribution >= 4 is 16.8 Å². The van der Waals surface area contributed by atoms with Crippen molar-refractivity contribution < 1.29 is 9.53 Å². The summed E-state index contributed by atoms with van der Waals surface area (Å²) in [4.78, 5) is 16.1. The Hall–Kier alpha value is -2.10. The quantitative estimate of drug-likeness (QED) is 0.908. The Morgan fingerprint density at radius 1 is 1.40 bits per heavy atom. The van der Waals surface area contributed by atoms with Crippen LogP contribution >= 0.6 is 0 Å². The van der Waals surface area contributed by atoms with E-state index in [2.05, 4.69) is 17.2 Å². The van der Waals surface area contributed by atoms with Crippen molar-refractivity contribution in [1.82, 2.24) is 10.3 Å². The lowest BCUT2D eigenvalue weighted by Gasteiger charge is -2.13. The maximum absolute atomic E-state index is 11.8. The van der Waals surface area contributed by atoms with Gasteiger partial charge in [0.05, 0.1) is 0 Å². The Morgan fingerprint density at radius 2 is 2.20 bits per heavy atom. The summed E-state index contributed by atoms with van der Waals surface area (Å²) in [6.07, 6.45) is 4.16. The summed E-state index contributed by atoms with van der Waals surface area (Å²) in [7, 11) is 0. The number of carbonyl (C=O) groups is 1.